The molecular weight excluding hydrogens is 288 g/mol. The van der Waals surface area contributed by atoms with Crippen molar-refractivity contribution < 1.29 is 9.90 Å². The van der Waals surface area contributed by atoms with Crippen molar-refractivity contribution >= 4 is 17.5 Å². The van der Waals surface area contributed by atoms with Crippen LogP contribution in [0.25, 0.3) is 0 Å². The number of carbonyl (C=O) groups is 1. The average Bonchev–Trinajstić information content (AvgIpc) is 2.82. The van der Waals surface area contributed by atoms with Crippen molar-refractivity contribution in [3.05, 3.63) is 34.9 Å². The quantitative estimate of drug-likeness (QED) is 0.846. The Bertz CT molecular complexity index is 505. The molecule has 1 atom stereocenters. The number of nitrogens with zero attached hydrogens (tertiary/aromatic N) is 1. The van der Waals surface area contributed by atoms with Crippen LogP contribution in [0.5, 0.6) is 0 Å². The molecule has 0 spiro atoms. The zero-order valence-electron chi connectivity index (χ0n) is 12.6. The van der Waals surface area contributed by atoms with E-state index in [1.165, 1.54) is 0 Å². The Morgan fingerprint density at radius 1 is 1.48 bits per heavy atom. The molecule has 1 aliphatic rings. The van der Waals surface area contributed by atoms with Crippen LogP contribution in [0, 0.1) is 0 Å². The molecule has 4 nitrogen and oxygen atoms in total. The molecule has 1 unspecified atom stereocenters. The Balaban J connectivity index is 1.87. The van der Waals surface area contributed by atoms with Gasteiger partial charge in [0.15, 0.2) is 0 Å². The number of aliphatic hydroxyl groups is 1. The lowest BCUT2D eigenvalue weighted by atomic mass is 9.94. The van der Waals surface area contributed by atoms with Crippen molar-refractivity contribution in [2.24, 2.45) is 0 Å². The smallest absolute Gasteiger partial charge is 0.222 e. The van der Waals surface area contributed by atoms with E-state index in [0.29, 0.717) is 24.5 Å². The van der Waals surface area contributed by atoms with Crippen molar-refractivity contribution in [3.8, 4) is 0 Å². The van der Waals surface area contributed by atoms with E-state index < -0.39 is 6.10 Å². The standard InChI is InChI=1S/C16H23ClN2O2/c1-16(2,12-5-3-6-13(17)9-12)18-10-14(20)11-19-8-4-7-15(19)21/h3,5-6,9,14,18,20H,4,7-8,10-11H2,1-2H3. The van der Waals surface area contributed by atoms with Gasteiger partial charge in [-0.3, -0.25) is 4.79 Å². The largest absolute Gasteiger partial charge is 0.390 e. The van der Waals surface area contributed by atoms with Gasteiger partial charge in [-0.1, -0.05) is 23.7 Å². The van der Waals surface area contributed by atoms with Crippen LogP contribution in [0.2, 0.25) is 5.02 Å². The van der Waals surface area contributed by atoms with Crippen LogP contribution in [0.4, 0.5) is 0 Å². The molecule has 2 rings (SSSR count). The van der Waals surface area contributed by atoms with E-state index in [-0.39, 0.29) is 11.4 Å². The number of rotatable bonds is 6. The maximum absolute atomic E-state index is 11.5. The number of hydrogen-bond acceptors (Lipinski definition) is 3. The monoisotopic (exact) mass is 310 g/mol. The molecule has 2 N–H and O–H groups in total. The molecule has 5 heteroatoms. The first kappa shape index (κ1) is 16.3. The first-order chi connectivity index (χ1) is 9.88. The molecule has 0 saturated carbocycles. The number of carbonyl (C=O) groups excluding carboxylic acids is 1. The fourth-order valence-corrected chi connectivity index (χ4v) is 2.76. The summed E-state index contributed by atoms with van der Waals surface area (Å²) >= 11 is 6.02. The first-order valence-corrected chi connectivity index (χ1v) is 7.73. The first-order valence-electron chi connectivity index (χ1n) is 7.35. The normalized spacial score (nSPS) is 17.3. The molecule has 0 radical (unpaired) electrons. The van der Waals surface area contributed by atoms with Crippen molar-refractivity contribution in [2.45, 2.75) is 38.3 Å². The molecule has 0 aromatic heterocycles. The number of benzene rings is 1. The van der Waals surface area contributed by atoms with Crippen molar-refractivity contribution in [1.82, 2.24) is 10.2 Å². The van der Waals surface area contributed by atoms with Crippen LogP contribution in [-0.4, -0.2) is 41.7 Å². The minimum Gasteiger partial charge on any atom is -0.390 e. The molecule has 1 fully saturated rings. The lowest BCUT2D eigenvalue weighted by Gasteiger charge is -2.29. The summed E-state index contributed by atoms with van der Waals surface area (Å²) in [5.41, 5.74) is 0.778. The summed E-state index contributed by atoms with van der Waals surface area (Å²) in [6.07, 6.45) is 0.937. The average molecular weight is 311 g/mol. The summed E-state index contributed by atoms with van der Waals surface area (Å²) in [7, 11) is 0. The Labute approximate surface area is 131 Å². The van der Waals surface area contributed by atoms with Gasteiger partial charge in [-0.15, -0.1) is 0 Å². The van der Waals surface area contributed by atoms with Gasteiger partial charge < -0.3 is 15.3 Å². The molecule has 1 heterocycles. The third-order valence-electron chi connectivity index (χ3n) is 3.93. The van der Waals surface area contributed by atoms with Gasteiger partial charge in [0.1, 0.15) is 0 Å². The van der Waals surface area contributed by atoms with Gasteiger partial charge >= 0.3 is 0 Å². The molecule has 1 aliphatic heterocycles. The molecule has 0 bridgehead atoms. The third kappa shape index (κ3) is 4.43. The van der Waals surface area contributed by atoms with Crippen LogP contribution < -0.4 is 5.32 Å². The molecule has 1 aromatic carbocycles. The molecular formula is C16H23ClN2O2. The Morgan fingerprint density at radius 2 is 2.24 bits per heavy atom. The Hall–Kier alpha value is -1.10. The number of likely N-dealkylation sites (tertiary alicyclic amines) is 1. The topological polar surface area (TPSA) is 52.6 Å². The van der Waals surface area contributed by atoms with E-state index in [9.17, 15) is 9.90 Å². The van der Waals surface area contributed by atoms with Crippen molar-refractivity contribution in [1.29, 1.82) is 0 Å². The van der Waals surface area contributed by atoms with Crippen LogP contribution in [-0.2, 0) is 10.3 Å². The number of β-amino-alcohol motifs (C(OH)–C–C–N with tert-alkyl or cyclic N) is 1. The van der Waals surface area contributed by atoms with E-state index in [1.54, 1.807) is 4.90 Å². The fourth-order valence-electron chi connectivity index (χ4n) is 2.57. The highest BCUT2D eigenvalue weighted by Crippen LogP contribution is 2.23. The highest BCUT2D eigenvalue weighted by molar-refractivity contribution is 6.30. The molecule has 1 aromatic rings. The second-order valence-corrected chi connectivity index (χ2v) is 6.55. The lowest BCUT2D eigenvalue weighted by molar-refractivity contribution is -0.128. The Morgan fingerprint density at radius 3 is 2.86 bits per heavy atom. The minimum atomic E-state index is -0.564. The molecule has 116 valence electrons. The maximum Gasteiger partial charge on any atom is 0.222 e. The maximum atomic E-state index is 11.5. The number of amides is 1. The molecule has 1 amide bonds. The number of halogens is 1. The second kappa shape index (κ2) is 6.77. The fraction of sp³-hybridized carbons (Fsp3) is 0.562. The van der Waals surface area contributed by atoms with Crippen LogP contribution >= 0.6 is 11.6 Å². The highest BCUT2D eigenvalue weighted by Gasteiger charge is 2.25. The van der Waals surface area contributed by atoms with Gasteiger partial charge in [0, 0.05) is 36.6 Å². The van der Waals surface area contributed by atoms with E-state index in [0.717, 1.165) is 18.5 Å². The Kier molecular flexibility index (Phi) is 5.25. The minimum absolute atomic E-state index is 0.142. The number of aliphatic hydroxyl groups excluding tert-OH is 1. The van der Waals surface area contributed by atoms with Gasteiger partial charge in [0.05, 0.1) is 6.10 Å². The third-order valence-corrected chi connectivity index (χ3v) is 4.16. The predicted molar refractivity (Wildman–Crippen MR) is 84.3 cm³/mol. The van der Waals surface area contributed by atoms with E-state index in [2.05, 4.69) is 5.32 Å². The van der Waals surface area contributed by atoms with E-state index in [1.807, 2.05) is 38.1 Å². The summed E-state index contributed by atoms with van der Waals surface area (Å²) in [4.78, 5) is 13.3. The molecule has 1 saturated heterocycles. The summed E-state index contributed by atoms with van der Waals surface area (Å²) in [6.45, 7) is 5.69. The van der Waals surface area contributed by atoms with Gasteiger partial charge in [-0.05, 0) is 38.0 Å². The van der Waals surface area contributed by atoms with Gasteiger partial charge in [-0.2, -0.15) is 0 Å². The molecule has 0 aliphatic carbocycles. The van der Waals surface area contributed by atoms with Crippen molar-refractivity contribution in [3.63, 3.8) is 0 Å². The zero-order chi connectivity index (χ0) is 15.5. The van der Waals surface area contributed by atoms with E-state index in [4.69, 9.17) is 11.6 Å². The molecule has 21 heavy (non-hydrogen) atoms. The SMILES string of the molecule is CC(C)(NCC(O)CN1CCCC1=O)c1cccc(Cl)c1. The number of nitrogens with one attached hydrogen (secondary N) is 1. The summed E-state index contributed by atoms with van der Waals surface area (Å²) < 4.78 is 0. The zero-order valence-corrected chi connectivity index (χ0v) is 13.4. The van der Waals surface area contributed by atoms with Crippen LogP contribution in [0.3, 0.4) is 0 Å². The van der Waals surface area contributed by atoms with Crippen LogP contribution in [0.1, 0.15) is 32.3 Å². The highest BCUT2D eigenvalue weighted by atomic mass is 35.5. The lowest BCUT2D eigenvalue weighted by Crippen LogP contribution is -2.45. The predicted octanol–water partition coefficient (Wildman–Crippen LogP) is 2.15. The van der Waals surface area contributed by atoms with Gasteiger partial charge in [-0.25, -0.2) is 0 Å². The summed E-state index contributed by atoms with van der Waals surface area (Å²) in [5.74, 6) is 0.142. The number of hydrogen-bond donors (Lipinski definition) is 2. The van der Waals surface area contributed by atoms with Gasteiger partial charge in [0.2, 0.25) is 5.91 Å². The summed E-state index contributed by atoms with van der Waals surface area (Å²) in [5, 5.41) is 14.2. The second-order valence-electron chi connectivity index (χ2n) is 6.11. The van der Waals surface area contributed by atoms with Crippen LogP contribution in [0.15, 0.2) is 24.3 Å². The van der Waals surface area contributed by atoms with E-state index >= 15 is 0 Å². The van der Waals surface area contributed by atoms with Crippen molar-refractivity contribution in [2.75, 3.05) is 19.6 Å². The van der Waals surface area contributed by atoms with Gasteiger partial charge in [0.25, 0.3) is 0 Å². The summed E-state index contributed by atoms with van der Waals surface area (Å²) in [6, 6.07) is 7.69.